The Hall–Kier alpha value is -3.52. The number of nitrogens with zero attached hydrogens (tertiary/aromatic N) is 2. The predicted octanol–water partition coefficient (Wildman–Crippen LogP) is 2.89. The number of amides is 1. The first-order chi connectivity index (χ1) is 15.8. The third-order valence-corrected chi connectivity index (χ3v) is 6.22. The highest BCUT2D eigenvalue weighted by Crippen LogP contribution is 2.33. The molecule has 2 heterocycles. The Labute approximate surface area is 191 Å². The van der Waals surface area contributed by atoms with Gasteiger partial charge < -0.3 is 16.8 Å². The van der Waals surface area contributed by atoms with E-state index >= 15 is 0 Å². The summed E-state index contributed by atoms with van der Waals surface area (Å²) in [5.74, 6) is -0.884. The van der Waals surface area contributed by atoms with Gasteiger partial charge in [-0.25, -0.2) is 9.37 Å². The number of carbonyl (C=O) groups is 1. The number of primary amides is 1. The first kappa shape index (κ1) is 22.7. The number of fused-ring (bicyclic) bond motifs is 1. The van der Waals surface area contributed by atoms with Gasteiger partial charge in [0.25, 0.3) is 5.56 Å². The highest BCUT2D eigenvalue weighted by molar-refractivity contribution is 5.79. The Kier molecular flexibility index (Phi) is 6.29. The Bertz CT molecular complexity index is 1230. The second-order valence-corrected chi connectivity index (χ2v) is 8.58. The van der Waals surface area contributed by atoms with Crippen LogP contribution in [0.3, 0.4) is 0 Å². The van der Waals surface area contributed by atoms with Crippen LogP contribution in [-0.4, -0.2) is 15.5 Å². The van der Waals surface area contributed by atoms with Crippen molar-refractivity contribution in [1.29, 1.82) is 0 Å². The van der Waals surface area contributed by atoms with E-state index in [1.165, 1.54) is 16.7 Å². The van der Waals surface area contributed by atoms with Gasteiger partial charge in [-0.05, 0) is 54.2 Å². The second-order valence-electron chi connectivity index (χ2n) is 8.58. The number of rotatable bonds is 7. The fourth-order valence-electron chi connectivity index (χ4n) is 4.51. The van der Waals surface area contributed by atoms with Crippen LogP contribution in [0.5, 0.6) is 0 Å². The molecule has 0 bridgehead atoms. The molecule has 0 radical (unpaired) electrons. The number of benzene rings is 2. The second kappa shape index (κ2) is 9.15. The first-order valence-electron chi connectivity index (χ1n) is 11.0. The molecule has 7 nitrogen and oxygen atoms in total. The molecule has 172 valence electrons. The largest absolute Gasteiger partial charge is 0.368 e. The van der Waals surface area contributed by atoms with Gasteiger partial charge in [0.05, 0.1) is 5.69 Å². The summed E-state index contributed by atoms with van der Waals surface area (Å²) >= 11 is 0. The van der Waals surface area contributed by atoms with Crippen molar-refractivity contribution in [3.05, 3.63) is 92.3 Å². The molecule has 2 atom stereocenters. The Morgan fingerprint density at radius 1 is 1.24 bits per heavy atom. The van der Waals surface area contributed by atoms with E-state index in [0.717, 1.165) is 28.1 Å². The summed E-state index contributed by atoms with van der Waals surface area (Å²) in [6.07, 6.45) is 1.00. The van der Waals surface area contributed by atoms with E-state index in [1.54, 1.807) is 0 Å². The summed E-state index contributed by atoms with van der Waals surface area (Å²) in [6, 6.07) is 11.9. The molecular weight excluding hydrogens is 421 g/mol. The van der Waals surface area contributed by atoms with Gasteiger partial charge in [0, 0.05) is 24.7 Å². The van der Waals surface area contributed by atoms with Gasteiger partial charge in [-0.3, -0.25) is 14.2 Å². The van der Waals surface area contributed by atoms with Gasteiger partial charge in [-0.1, -0.05) is 37.3 Å². The molecule has 0 spiro atoms. The lowest BCUT2D eigenvalue weighted by molar-refractivity contribution is -0.121. The number of carbonyl (C=O) groups excluding carboxylic acids is 1. The summed E-state index contributed by atoms with van der Waals surface area (Å²) in [7, 11) is 0. The quantitative estimate of drug-likeness (QED) is 0.513. The zero-order valence-electron chi connectivity index (χ0n) is 18.8. The number of aromatic nitrogens is 2. The maximum absolute atomic E-state index is 13.8. The molecule has 0 fully saturated rings. The van der Waals surface area contributed by atoms with Crippen LogP contribution in [0.25, 0.3) is 0 Å². The zero-order valence-corrected chi connectivity index (χ0v) is 18.8. The van der Waals surface area contributed by atoms with Crippen LogP contribution in [0.15, 0.2) is 47.3 Å². The maximum Gasteiger partial charge on any atom is 0.294 e. The molecule has 1 aliphatic rings. The number of halogens is 1. The Morgan fingerprint density at radius 2 is 1.97 bits per heavy atom. The highest BCUT2D eigenvalue weighted by Gasteiger charge is 2.33. The van der Waals surface area contributed by atoms with E-state index < -0.39 is 17.5 Å². The van der Waals surface area contributed by atoms with Gasteiger partial charge in [0.1, 0.15) is 11.9 Å². The van der Waals surface area contributed by atoms with Crippen molar-refractivity contribution >= 4 is 11.7 Å². The van der Waals surface area contributed by atoms with Crippen molar-refractivity contribution in [3.63, 3.8) is 0 Å². The van der Waals surface area contributed by atoms with Crippen molar-refractivity contribution in [2.45, 2.75) is 51.7 Å². The van der Waals surface area contributed by atoms with Gasteiger partial charge >= 0.3 is 0 Å². The summed E-state index contributed by atoms with van der Waals surface area (Å²) < 4.78 is 15.3. The van der Waals surface area contributed by atoms with Crippen LogP contribution in [0.2, 0.25) is 0 Å². The molecule has 5 N–H and O–H groups in total. The lowest BCUT2D eigenvalue weighted by atomic mass is 9.94. The molecule has 1 amide bonds. The van der Waals surface area contributed by atoms with Crippen LogP contribution in [0.4, 0.5) is 10.2 Å². The fraction of sp³-hybridized carbons (Fsp3) is 0.320. The van der Waals surface area contributed by atoms with E-state index in [4.69, 9.17) is 16.5 Å². The smallest absolute Gasteiger partial charge is 0.294 e. The Morgan fingerprint density at radius 3 is 2.61 bits per heavy atom. The lowest BCUT2D eigenvalue weighted by Crippen LogP contribution is -2.34. The first-order valence-corrected chi connectivity index (χ1v) is 11.0. The molecule has 0 saturated carbocycles. The van der Waals surface area contributed by atoms with Crippen molar-refractivity contribution in [3.8, 4) is 0 Å². The van der Waals surface area contributed by atoms with Gasteiger partial charge in [-0.15, -0.1) is 0 Å². The van der Waals surface area contributed by atoms with Crippen molar-refractivity contribution in [1.82, 2.24) is 9.55 Å². The average molecular weight is 450 g/mol. The molecule has 3 aromatic rings. The van der Waals surface area contributed by atoms with Crippen molar-refractivity contribution < 1.29 is 9.18 Å². The number of nitrogens with one attached hydrogen (secondary N) is 1. The van der Waals surface area contributed by atoms with Crippen LogP contribution in [0.1, 0.15) is 58.9 Å². The predicted molar refractivity (Wildman–Crippen MR) is 125 cm³/mol. The number of hydrogen-bond acceptors (Lipinski definition) is 5. The fourth-order valence-corrected chi connectivity index (χ4v) is 4.51. The molecule has 1 unspecified atom stereocenters. The molecule has 1 aliphatic heterocycles. The van der Waals surface area contributed by atoms with Crippen LogP contribution >= 0.6 is 0 Å². The molecule has 0 aliphatic carbocycles. The number of aryl methyl sites for hydroxylation is 1. The van der Waals surface area contributed by atoms with Crippen LogP contribution in [0, 0.1) is 12.7 Å². The summed E-state index contributed by atoms with van der Waals surface area (Å²) in [6.45, 7) is 4.50. The molecule has 2 aromatic carbocycles. The van der Waals surface area contributed by atoms with Crippen LogP contribution < -0.4 is 22.3 Å². The summed E-state index contributed by atoms with van der Waals surface area (Å²) in [4.78, 5) is 30.0. The molecular formula is C25H28FN5O2. The third-order valence-electron chi connectivity index (χ3n) is 6.22. The molecule has 8 heteroatoms. The third kappa shape index (κ3) is 4.52. The van der Waals surface area contributed by atoms with E-state index in [-0.39, 0.29) is 24.1 Å². The van der Waals surface area contributed by atoms with Gasteiger partial charge in [0.2, 0.25) is 5.91 Å². The molecule has 33 heavy (non-hydrogen) atoms. The number of nitrogens with two attached hydrogens (primary N) is 2. The molecule has 1 aromatic heterocycles. The summed E-state index contributed by atoms with van der Waals surface area (Å²) in [5.41, 5.74) is 15.9. The zero-order chi connectivity index (χ0) is 23.7. The highest BCUT2D eigenvalue weighted by atomic mass is 19.1. The molecule has 4 rings (SSSR count). The normalized spacial score (nSPS) is 15.8. The minimum absolute atomic E-state index is 0.120. The summed E-state index contributed by atoms with van der Waals surface area (Å²) in [5, 5.41) is 3.06. The van der Waals surface area contributed by atoms with E-state index in [9.17, 15) is 14.0 Å². The van der Waals surface area contributed by atoms with Crippen molar-refractivity contribution in [2.75, 3.05) is 5.32 Å². The lowest BCUT2D eigenvalue weighted by Gasteiger charge is -2.20. The van der Waals surface area contributed by atoms with E-state index in [2.05, 4.69) is 5.32 Å². The topological polar surface area (TPSA) is 116 Å². The number of anilines is 1. The van der Waals surface area contributed by atoms with E-state index in [0.29, 0.717) is 24.9 Å². The van der Waals surface area contributed by atoms with Gasteiger partial charge in [-0.2, -0.15) is 0 Å². The average Bonchev–Trinajstić information content (AvgIpc) is 3.24. The SMILES string of the molecule is Cc1cc(F)cc(CNc2nc([C@H](C)c3ccc(CN)cc3)c3n(c2=O)C(C(N)=O)CC3)c1. The minimum Gasteiger partial charge on any atom is -0.368 e. The minimum atomic E-state index is -0.710. The monoisotopic (exact) mass is 449 g/mol. The van der Waals surface area contributed by atoms with Gasteiger partial charge in [0.15, 0.2) is 5.82 Å². The van der Waals surface area contributed by atoms with E-state index in [1.807, 2.05) is 44.2 Å². The van der Waals surface area contributed by atoms with Crippen molar-refractivity contribution in [2.24, 2.45) is 11.5 Å². The standard InChI is InChI=1S/C25H28FN5O2/c1-14-9-17(11-19(26)10-14)13-29-24-25(33)31-20(7-8-21(31)23(28)32)22(30-24)15(2)18-5-3-16(12-27)4-6-18/h3-6,9-11,15,21H,7-8,12-13,27H2,1-2H3,(H2,28,32)(H,29,30)/t15-,21?/m1/s1. The maximum atomic E-state index is 13.8. The number of hydrogen-bond donors (Lipinski definition) is 3. The van der Waals surface area contributed by atoms with Crippen LogP contribution in [-0.2, 0) is 24.3 Å². The Balaban J connectivity index is 1.76. The molecule has 0 saturated heterocycles.